The summed E-state index contributed by atoms with van der Waals surface area (Å²) in [4.78, 5) is 21.9. The van der Waals surface area contributed by atoms with Crippen LogP contribution < -0.4 is 14.8 Å². The Morgan fingerprint density at radius 3 is 2.36 bits per heavy atom. The standard InChI is InChI=1S/C23H30N4O/c28-23(27-16-14-26(15-17-27)22-8-4-5-11-24-22)19-25-12-9-21(10-13-25)18-20-6-2-1-3-7-20/h1-8,11,21H,9-10,12-19H2/p+2. The topological polar surface area (TPSA) is 42.1 Å². The van der Waals surface area contributed by atoms with Crippen molar-refractivity contribution in [3.8, 4) is 0 Å². The number of piperazine rings is 1. The van der Waals surface area contributed by atoms with Gasteiger partial charge in [-0.3, -0.25) is 9.69 Å². The molecule has 1 amide bonds. The minimum Gasteiger partial charge on any atom is -0.330 e. The van der Waals surface area contributed by atoms with E-state index in [1.165, 1.54) is 29.7 Å². The van der Waals surface area contributed by atoms with Crippen molar-refractivity contribution in [2.75, 3.05) is 50.7 Å². The van der Waals surface area contributed by atoms with Crippen molar-refractivity contribution in [2.24, 2.45) is 5.92 Å². The zero-order valence-corrected chi connectivity index (χ0v) is 16.6. The predicted molar refractivity (Wildman–Crippen MR) is 110 cm³/mol. The number of likely N-dealkylation sites (tertiary alicyclic amines) is 1. The quantitative estimate of drug-likeness (QED) is 0.829. The van der Waals surface area contributed by atoms with Crippen molar-refractivity contribution < 1.29 is 14.7 Å². The third-order valence-corrected chi connectivity index (χ3v) is 6.25. The number of hydrogen-bond donors (Lipinski definition) is 1. The highest BCUT2D eigenvalue weighted by Crippen LogP contribution is 2.16. The van der Waals surface area contributed by atoms with Gasteiger partial charge in [-0.2, -0.15) is 0 Å². The number of carbonyl (C=O) groups excluding carboxylic acids is 1. The molecule has 4 rings (SSSR count). The van der Waals surface area contributed by atoms with E-state index in [0.29, 0.717) is 12.5 Å². The molecule has 1 aromatic heterocycles. The molecule has 0 unspecified atom stereocenters. The van der Waals surface area contributed by atoms with Gasteiger partial charge in [-0.1, -0.05) is 36.4 Å². The molecule has 5 heteroatoms. The molecule has 5 nitrogen and oxygen atoms in total. The third kappa shape index (κ3) is 4.90. The molecule has 0 bridgehead atoms. The first kappa shape index (κ1) is 18.9. The maximum Gasteiger partial charge on any atom is 0.278 e. The van der Waals surface area contributed by atoms with Gasteiger partial charge in [0, 0.05) is 6.07 Å². The minimum atomic E-state index is 0.327. The number of carbonyl (C=O) groups is 1. The van der Waals surface area contributed by atoms with E-state index >= 15 is 0 Å². The van der Waals surface area contributed by atoms with E-state index in [4.69, 9.17) is 0 Å². The van der Waals surface area contributed by atoms with E-state index < -0.39 is 0 Å². The molecule has 0 radical (unpaired) electrons. The fourth-order valence-electron chi connectivity index (χ4n) is 4.52. The zero-order chi connectivity index (χ0) is 19.2. The average Bonchev–Trinajstić information content (AvgIpc) is 2.76. The number of aromatic nitrogens is 1. The highest BCUT2D eigenvalue weighted by molar-refractivity contribution is 5.77. The summed E-state index contributed by atoms with van der Waals surface area (Å²) < 4.78 is 0. The van der Waals surface area contributed by atoms with Crippen LogP contribution in [0.15, 0.2) is 54.7 Å². The Balaban J connectivity index is 1.19. The van der Waals surface area contributed by atoms with Crippen molar-refractivity contribution >= 4 is 11.7 Å². The second kappa shape index (κ2) is 9.20. The van der Waals surface area contributed by atoms with E-state index in [-0.39, 0.29) is 0 Å². The van der Waals surface area contributed by atoms with Crippen LogP contribution in [0, 0.1) is 5.92 Å². The second-order valence-corrected chi connectivity index (χ2v) is 8.18. The van der Waals surface area contributed by atoms with Crippen LogP contribution in [0.4, 0.5) is 5.82 Å². The van der Waals surface area contributed by atoms with Crippen molar-refractivity contribution in [3.05, 3.63) is 60.3 Å². The van der Waals surface area contributed by atoms with Crippen molar-refractivity contribution in [3.63, 3.8) is 0 Å². The summed E-state index contributed by atoms with van der Waals surface area (Å²) in [7, 11) is 0. The largest absolute Gasteiger partial charge is 0.330 e. The fourth-order valence-corrected chi connectivity index (χ4v) is 4.52. The number of piperidine rings is 1. The van der Waals surface area contributed by atoms with Gasteiger partial charge in [0.05, 0.1) is 32.4 Å². The van der Waals surface area contributed by atoms with Crippen LogP contribution in [0.5, 0.6) is 0 Å². The first-order valence-electron chi connectivity index (χ1n) is 10.6. The lowest BCUT2D eigenvalue weighted by atomic mass is 9.90. The lowest BCUT2D eigenvalue weighted by Crippen LogP contribution is -3.14. The van der Waals surface area contributed by atoms with E-state index in [0.717, 1.165) is 51.0 Å². The van der Waals surface area contributed by atoms with Crippen molar-refractivity contribution in [2.45, 2.75) is 19.3 Å². The molecule has 0 aliphatic carbocycles. The Hall–Kier alpha value is -2.40. The fraction of sp³-hybridized carbons (Fsp3) is 0.478. The highest BCUT2D eigenvalue weighted by Gasteiger charge is 2.30. The van der Waals surface area contributed by atoms with E-state index in [1.54, 1.807) is 0 Å². The minimum absolute atomic E-state index is 0.327. The molecule has 1 aromatic carbocycles. The van der Waals surface area contributed by atoms with Crippen LogP contribution in [0.1, 0.15) is 18.4 Å². The summed E-state index contributed by atoms with van der Waals surface area (Å²) in [5.41, 5.74) is 1.44. The van der Waals surface area contributed by atoms with Gasteiger partial charge in [-0.05, 0) is 36.8 Å². The second-order valence-electron chi connectivity index (χ2n) is 8.18. The maximum absolute atomic E-state index is 12.8. The Morgan fingerprint density at radius 1 is 0.964 bits per heavy atom. The van der Waals surface area contributed by atoms with Gasteiger partial charge in [-0.15, -0.1) is 0 Å². The molecular weight excluding hydrogens is 348 g/mol. The number of nitrogens with one attached hydrogen (secondary N) is 2. The number of anilines is 1. The zero-order valence-electron chi connectivity index (χ0n) is 16.6. The predicted octanol–water partition coefficient (Wildman–Crippen LogP) is 0.687. The number of amides is 1. The summed E-state index contributed by atoms with van der Waals surface area (Å²) in [6.07, 6.45) is 5.60. The van der Waals surface area contributed by atoms with Crippen LogP contribution in [0.3, 0.4) is 0 Å². The number of hydrogen-bond acceptors (Lipinski definition) is 2. The van der Waals surface area contributed by atoms with Crippen LogP contribution in [0.25, 0.3) is 0 Å². The summed E-state index contributed by atoms with van der Waals surface area (Å²) in [6, 6.07) is 16.9. The molecule has 2 aliphatic rings. The molecule has 148 valence electrons. The van der Waals surface area contributed by atoms with Gasteiger partial charge in [0.15, 0.2) is 6.54 Å². The number of aromatic amines is 1. The Labute approximate surface area is 168 Å². The molecule has 2 N–H and O–H groups in total. The van der Waals surface area contributed by atoms with Crippen LogP contribution in [0.2, 0.25) is 0 Å². The molecule has 2 aliphatic heterocycles. The van der Waals surface area contributed by atoms with Gasteiger partial charge in [0.25, 0.3) is 11.7 Å². The lowest BCUT2D eigenvalue weighted by Gasteiger charge is -2.33. The third-order valence-electron chi connectivity index (χ3n) is 6.25. The monoisotopic (exact) mass is 380 g/mol. The number of quaternary nitrogens is 1. The van der Waals surface area contributed by atoms with Gasteiger partial charge < -0.3 is 9.80 Å². The normalized spacial score (nSPS) is 22.9. The first-order valence-corrected chi connectivity index (χ1v) is 10.6. The van der Waals surface area contributed by atoms with Gasteiger partial charge in [-0.25, -0.2) is 4.98 Å². The summed E-state index contributed by atoms with van der Waals surface area (Å²) in [6.45, 7) is 6.37. The van der Waals surface area contributed by atoms with E-state index in [9.17, 15) is 4.79 Å². The maximum atomic E-state index is 12.8. The van der Waals surface area contributed by atoms with Gasteiger partial charge in [0.2, 0.25) is 0 Å². The highest BCUT2D eigenvalue weighted by atomic mass is 16.2. The van der Waals surface area contributed by atoms with Crippen molar-refractivity contribution in [1.82, 2.24) is 4.90 Å². The molecule has 3 heterocycles. The van der Waals surface area contributed by atoms with Gasteiger partial charge >= 0.3 is 0 Å². The summed E-state index contributed by atoms with van der Waals surface area (Å²) >= 11 is 0. The Morgan fingerprint density at radius 2 is 1.68 bits per heavy atom. The molecule has 2 saturated heterocycles. The summed E-state index contributed by atoms with van der Waals surface area (Å²) in [5, 5.41) is 0. The molecule has 0 spiro atoms. The lowest BCUT2D eigenvalue weighted by molar-refractivity contribution is -0.898. The molecule has 2 fully saturated rings. The molecule has 0 saturated carbocycles. The van der Waals surface area contributed by atoms with Crippen LogP contribution >= 0.6 is 0 Å². The Bertz CT molecular complexity index is 736. The summed E-state index contributed by atoms with van der Waals surface area (Å²) in [5.74, 6) is 2.24. The number of nitrogens with zero attached hydrogens (tertiary/aromatic N) is 2. The molecule has 0 atom stereocenters. The van der Waals surface area contributed by atoms with Crippen LogP contribution in [-0.2, 0) is 11.2 Å². The first-order chi connectivity index (χ1) is 13.8. The average molecular weight is 381 g/mol. The SMILES string of the molecule is O=C(C[NH+]1CCC(Cc2ccccc2)CC1)N1CCN(c2cccc[nH+]2)CC1. The number of pyridine rings is 1. The molecule has 2 aromatic rings. The number of rotatable bonds is 5. The van der Waals surface area contributed by atoms with E-state index in [1.807, 2.05) is 18.3 Å². The molecular formula is C23H32N4O+2. The van der Waals surface area contributed by atoms with Crippen LogP contribution in [-0.4, -0.2) is 56.6 Å². The van der Waals surface area contributed by atoms with E-state index in [2.05, 4.69) is 51.2 Å². The smallest absolute Gasteiger partial charge is 0.278 e. The Kier molecular flexibility index (Phi) is 6.22. The van der Waals surface area contributed by atoms with Crippen molar-refractivity contribution in [1.29, 1.82) is 0 Å². The van der Waals surface area contributed by atoms with Gasteiger partial charge in [0.1, 0.15) is 13.1 Å². The number of H-pyrrole nitrogens is 1. The molecule has 28 heavy (non-hydrogen) atoms. The number of benzene rings is 1.